The van der Waals surface area contributed by atoms with Gasteiger partial charge in [-0.15, -0.1) is 11.3 Å². The van der Waals surface area contributed by atoms with Crippen LogP contribution in [-0.4, -0.2) is 15.0 Å². The van der Waals surface area contributed by atoms with E-state index in [1.807, 2.05) is 29.5 Å². The number of benzene rings is 9. The van der Waals surface area contributed by atoms with Crippen molar-refractivity contribution < 1.29 is 0 Å². The van der Waals surface area contributed by atoms with Gasteiger partial charge in [-0.3, -0.25) is 0 Å². The van der Waals surface area contributed by atoms with Gasteiger partial charge in [0.05, 0.1) is 5.41 Å². The van der Waals surface area contributed by atoms with Gasteiger partial charge in [0.25, 0.3) is 0 Å². The highest BCUT2D eigenvalue weighted by Gasteiger charge is 2.51. The van der Waals surface area contributed by atoms with Crippen LogP contribution >= 0.6 is 11.3 Å². The third-order valence-electron chi connectivity index (χ3n) is 13.0. The smallest absolute Gasteiger partial charge is 0.164 e. The molecule has 0 saturated carbocycles. The number of thiophene rings is 1. The average molecular weight is 806 g/mol. The molecule has 4 heteroatoms. The minimum absolute atomic E-state index is 0.437. The fourth-order valence-corrected chi connectivity index (χ4v) is 11.5. The summed E-state index contributed by atoms with van der Waals surface area (Å²) < 4.78 is 2.56. The molecule has 2 aliphatic rings. The number of rotatable bonds is 5. The zero-order chi connectivity index (χ0) is 40.8. The van der Waals surface area contributed by atoms with Gasteiger partial charge < -0.3 is 0 Å². The molecular formula is C58H35N3S. The maximum Gasteiger partial charge on any atom is 0.164 e. The summed E-state index contributed by atoms with van der Waals surface area (Å²) in [5, 5.41) is 2.57. The number of aromatic nitrogens is 3. The third kappa shape index (κ3) is 5.08. The standard InChI is InChI=1S/C58H35N3S/c1-2-16-36(17-3-1)55-59-56(61-57(60-55)48-25-7-5-19-40(48)38-31-33-46-45-23-11-15-29-53(45)62-54(46)35-38)47-24-6-4-18-39(47)37-30-32-44-43-22-10-14-28-51(43)58(52(44)34-37)49-26-12-8-20-41(49)42-21-9-13-27-50(42)58/h1-35H. The molecule has 0 atom stereocenters. The summed E-state index contributed by atoms with van der Waals surface area (Å²) in [6, 6.07) is 76.7. The highest BCUT2D eigenvalue weighted by molar-refractivity contribution is 7.25. The van der Waals surface area contributed by atoms with Crippen molar-refractivity contribution in [3.05, 3.63) is 235 Å². The van der Waals surface area contributed by atoms with Crippen molar-refractivity contribution in [1.82, 2.24) is 15.0 Å². The second kappa shape index (κ2) is 13.6. The van der Waals surface area contributed by atoms with Gasteiger partial charge in [-0.25, -0.2) is 15.0 Å². The van der Waals surface area contributed by atoms with E-state index >= 15 is 0 Å². The second-order valence-electron chi connectivity index (χ2n) is 16.2. The monoisotopic (exact) mass is 805 g/mol. The van der Waals surface area contributed by atoms with Crippen LogP contribution in [0.3, 0.4) is 0 Å². The van der Waals surface area contributed by atoms with Gasteiger partial charge in [0.1, 0.15) is 0 Å². The Hall–Kier alpha value is -7.79. The molecule has 3 nitrogen and oxygen atoms in total. The fourth-order valence-electron chi connectivity index (χ4n) is 10.3. The molecule has 2 aliphatic carbocycles. The number of hydrogen-bond acceptors (Lipinski definition) is 4. The molecule has 0 amide bonds. The van der Waals surface area contributed by atoms with Crippen molar-refractivity contribution in [2.24, 2.45) is 0 Å². The summed E-state index contributed by atoms with van der Waals surface area (Å²) in [7, 11) is 0. The Morgan fingerprint density at radius 1 is 0.274 bits per heavy atom. The normalized spacial score (nSPS) is 13.0. The lowest BCUT2D eigenvalue weighted by Gasteiger charge is -2.30. The van der Waals surface area contributed by atoms with E-state index in [0.717, 1.165) is 38.9 Å². The van der Waals surface area contributed by atoms with Crippen molar-refractivity contribution in [1.29, 1.82) is 0 Å². The first kappa shape index (κ1) is 35.0. The fraction of sp³-hybridized carbons (Fsp3) is 0.0172. The molecule has 0 unspecified atom stereocenters. The van der Waals surface area contributed by atoms with Gasteiger partial charge in [0.2, 0.25) is 0 Å². The molecule has 62 heavy (non-hydrogen) atoms. The van der Waals surface area contributed by atoms with E-state index in [-0.39, 0.29) is 0 Å². The number of nitrogens with zero attached hydrogens (tertiary/aromatic N) is 3. The van der Waals surface area contributed by atoms with Gasteiger partial charge >= 0.3 is 0 Å². The first-order valence-corrected chi connectivity index (χ1v) is 21.9. The van der Waals surface area contributed by atoms with Crippen LogP contribution in [0.5, 0.6) is 0 Å². The zero-order valence-corrected chi connectivity index (χ0v) is 34.3. The van der Waals surface area contributed by atoms with Crippen molar-refractivity contribution in [2.45, 2.75) is 5.41 Å². The van der Waals surface area contributed by atoms with Crippen molar-refractivity contribution in [3.8, 4) is 78.7 Å². The molecule has 2 heterocycles. The minimum Gasteiger partial charge on any atom is -0.208 e. The minimum atomic E-state index is -0.437. The van der Waals surface area contributed by atoms with Gasteiger partial charge in [-0.05, 0) is 85.0 Å². The maximum atomic E-state index is 5.38. The molecule has 0 aliphatic heterocycles. The molecule has 11 aromatic rings. The summed E-state index contributed by atoms with van der Waals surface area (Å²) in [4.78, 5) is 15.9. The Bertz CT molecular complexity index is 3540. The first-order valence-electron chi connectivity index (χ1n) is 21.1. The summed E-state index contributed by atoms with van der Waals surface area (Å²) >= 11 is 1.83. The average Bonchev–Trinajstić information content (AvgIpc) is 3.98. The van der Waals surface area contributed by atoms with E-state index < -0.39 is 5.41 Å². The molecule has 9 aromatic carbocycles. The van der Waals surface area contributed by atoms with E-state index in [4.69, 9.17) is 15.0 Å². The Labute approximate surface area is 363 Å². The van der Waals surface area contributed by atoms with Crippen molar-refractivity contribution in [3.63, 3.8) is 0 Å². The van der Waals surface area contributed by atoms with Crippen LogP contribution in [0.15, 0.2) is 212 Å². The molecule has 0 fully saturated rings. The molecule has 0 radical (unpaired) electrons. The number of fused-ring (bicyclic) bond motifs is 13. The SMILES string of the molecule is c1ccc(-c2nc(-c3ccccc3-c3ccc4c(c3)C3(c5ccccc5-c5ccccc53)c3ccccc3-4)nc(-c3ccccc3-c3ccc4c(c3)sc3ccccc34)n2)cc1. The van der Waals surface area contributed by atoms with E-state index in [1.54, 1.807) is 0 Å². The van der Waals surface area contributed by atoms with E-state index in [1.165, 1.54) is 64.7 Å². The second-order valence-corrected chi connectivity index (χ2v) is 17.3. The molecule has 288 valence electrons. The third-order valence-corrected chi connectivity index (χ3v) is 14.1. The molecule has 0 bridgehead atoms. The lowest BCUT2D eigenvalue weighted by molar-refractivity contribution is 0.794. The van der Waals surface area contributed by atoms with Gasteiger partial charge in [-0.1, -0.05) is 194 Å². The maximum absolute atomic E-state index is 5.38. The van der Waals surface area contributed by atoms with Crippen LogP contribution in [0.1, 0.15) is 22.3 Å². The van der Waals surface area contributed by atoms with Crippen LogP contribution in [0.25, 0.3) is 98.8 Å². The molecule has 1 spiro atoms. The first-order chi connectivity index (χ1) is 30.7. The molecule has 13 rings (SSSR count). The van der Waals surface area contributed by atoms with Crippen LogP contribution < -0.4 is 0 Å². The predicted molar refractivity (Wildman–Crippen MR) is 256 cm³/mol. The molecule has 2 aromatic heterocycles. The van der Waals surface area contributed by atoms with E-state index in [9.17, 15) is 0 Å². The van der Waals surface area contributed by atoms with E-state index in [2.05, 4.69) is 194 Å². The van der Waals surface area contributed by atoms with Crippen LogP contribution in [0.2, 0.25) is 0 Å². The summed E-state index contributed by atoms with van der Waals surface area (Å²) in [6.07, 6.45) is 0. The van der Waals surface area contributed by atoms with Crippen molar-refractivity contribution >= 4 is 31.5 Å². The lowest BCUT2D eigenvalue weighted by atomic mass is 9.70. The zero-order valence-electron chi connectivity index (χ0n) is 33.5. The highest BCUT2D eigenvalue weighted by atomic mass is 32.1. The van der Waals surface area contributed by atoms with Gasteiger partial charge in [-0.2, -0.15) is 0 Å². The Morgan fingerprint density at radius 2 is 0.710 bits per heavy atom. The summed E-state index contributed by atoms with van der Waals surface area (Å²) in [5.41, 5.74) is 17.3. The van der Waals surface area contributed by atoms with Crippen molar-refractivity contribution in [2.75, 3.05) is 0 Å². The number of hydrogen-bond donors (Lipinski definition) is 0. The van der Waals surface area contributed by atoms with E-state index in [0.29, 0.717) is 17.5 Å². The highest BCUT2D eigenvalue weighted by Crippen LogP contribution is 2.63. The summed E-state index contributed by atoms with van der Waals surface area (Å²) in [5.74, 6) is 1.91. The van der Waals surface area contributed by atoms with Crippen LogP contribution in [0.4, 0.5) is 0 Å². The topological polar surface area (TPSA) is 38.7 Å². The lowest BCUT2D eigenvalue weighted by Crippen LogP contribution is -2.25. The Balaban J connectivity index is 1.00. The van der Waals surface area contributed by atoms with Gasteiger partial charge in [0, 0.05) is 36.9 Å². The predicted octanol–water partition coefficient (Wildman–Crippen LogP) is 14.9. The van der Waals surface area contributed by atoms with Crippen LogP contribution in [-0.2, 0) is 5.41 Å². The van der Waals surface area contributed by atoms with Gasteiger partial charge in [0.15, 0.2) is 17.5 Å². The Kier molecular flexibility index (Phi) is 7.69. The molecule has 0 saturated heterocycles. The largest absolute Gasteiger partial charge is 0.208 e. The molecular weight excluding hydrogens is 771 g/mol. The summed E-state index contributed by atoms with van der Waals surface area (Å²) in [6.45, 7) is 0. The van der Waals surface area contributed by atoms with Crippen LogP contribution in [0, 0.1) is 0 Å². The Morgan fingerprint density at radius 3 is 1.32 bits per heavy atom. The molecule has 0 N–H and O–H groups in total. The quantitative estimate of drug-likeness (QED) is 0.174.